The van der Waals surface area contributed by atoms with Crippen LogP contribution in [0.1, 0.15) is 69.3 Å². The molecule has 2 aromatic carbocycles. The van der Waals surface area contributed by atoms with E-state index in [0.29, 0.717) is 29.4 Å². The Morgan fingerprint density at radius 3 is 2.74 bits per heavy atom. The maximum atomic E-state index is 14.2. The number of hydrogen-bond acceptors (Lipinski definition) is 9. The number of thiazole rings is 1. The minimum atomic E-state index is -1.01. The lowest BCUT2D eigenvalue weighted by Crippen LogP contribution is -2.29. The van der Waals surface area contributed by atoms with Gasteiger partial charge in [-0.25, -0.2) is 14.2 Å². The number of aryl methyl sites for hydroxylation is 1. The van der Waals surface area contributed by atoms with Crippen LogP contribution in [0, 0.1) is 12.7 Å². The quantitative estimate of drug-likeness (QED) is 0.112. The van der Waals surface area contributed by atoms with Gasteiger partial charge in [0, 0.05) is 0 Å². The second kappa shape index (κ2) is 12.2. The van der Waals surface area contributed by atoms with E-state index in [0.717, 1.165) is 42.7 Å². The predicted molar refractivity (Wildman–Crippen MR) is 156 cm³/mol. The number of halogens is 1. The summed E-state index contributed by atoms with van der Waals surface area (Å²) in [6.07, 6.45) is 4.40. The molecule has 0 fully saturated rings. The average molecular weight is 593 g/mol. The van der Waals surface area contributed by atoms with Crippen molar-refractivity contribution in [3.8, 4) is 11.5 Å². The molecule has 5 rings (SSSR count). The molecule has 218 valence electrons. The second-order valence-electron chi connectivity index (χ2n) is 9.66. The lowest BCUT2D eigenvalue weighted by Gasteiger charge is -2.23. The molecule has 1 unspecified atom stereocenters. The number of anilines is 1. The lowest BCUT2D eigenvalue weighted by molar-refractivity contribution is 0.0554. The molecule has 0 saturated carbocycles. The summed E-state index contributed by atoms with van der Waals surface area (Å²) < 4.78 is 36.8. The zero-order chi connectivity index (χ0) is 30.0. The normalized spacial score (nSPS) is 14.2. The van der Waals surface area contributed by atoms with Crippen LogP contribution in [0.15, 0.2) is 58.3 Å². The van der Waals surface area contributed by atoms with E-state index in [1.807, 2.05) is 0 Å². The van der Waals surface area contributed by atoms with Gasteiger partial charge in [-0.2, -0.15) is 0 Å². The van der Waals surface area contributed by atoms with Gasteiger partial charge in [0.1, 0.15) is 22.9 Å². The summed E-state index contributed by atoms with van der Waals surface area (Å²) in [4.78, 5) is 46.4. The number of benzene rings is 2. The van der Waals surface area contributed by atoms with E-state index >= 15 is 0 Å². The predicted octanol–water partition coefficient (Wildman–Crippen LogP) is 6.37. The Kier molecular flexibility index (Phi) is 8.39. The summed E-state index contributed by atoms with van der Waals surface area (Å²) in [5.74, 6) is -1.12. The topological polar surface area (TPSA) is 108 Å². The Balaban J connectivity index is 1.66. The fraction of sp³-hybridized carbons (Fsp3) is 0.290. The van der Waals surface area contributed by atoms with Crippen LogP contribution >= 0.6 is 11.3 Å². The van der Waals surface area contributed by atoms with E-state index in [9.17, 15) is 18.8 Å². The third kappa shape index (κ3) is 5.27. The fourth-order valence-electron chi connectivity index (χ4n) is 4.84. The highest BCUT2D eigenvalue weighted by molar-refractivity contribution is 7.17. The van der Waals surface area contributed by atoms with Crippen LogP contribution < -0.4 is 19.8 Å². The van der Waals surface area contributed by atoms with E-state index in [1.54, 1.807) is 25.1 Å². The van der Waals surface area contributed by atoms with E-state index in [1.165, 1.54) is 24.2 Å². The van der Waals surface area contributed by atoms with Crippen LogP contribution in [-0.4, -0.2) is 37.2 Å². The molecule has 11 heteroatoms. The Labute approximate surface area is 245 Å². The van der Waals surface area contributed by atoms with Crippen molar-refractivity contribution in [1.82, 2.24) is 4.98 Å². The zero-order valence-electron chi connectivity index (χ0n) is 23.4. The smallest absolute Gasteiger partial charge is 0.350 e. The highest BCUT2D eigenvalue weighted by atomic mass is 32.1. The molecule has 1 aliphatic heterocycles. The van der Waals surface area contributed by atoms with Crippen LogP contribution in [0.5, 0.6) is 11.5 Å². The van der Waals surface area contributed by atoms with Gasteiger partial charge in [-0.1, -0.05) is 49.8 Å². The van der Waals surface area contributed by atoms with Crippen LogP contribution in [0.4, 0.5) is 9.52 Å². The molecule has 1 atom stereocenters. The van der Waals surface area contributed by atoms with Gasteiger partial charge >= 0.3 is 5.97 Å². The SMILES string of the molecule is C=CCOC(=O)c1sc(N2C(=O)c3oc4ccc(F)cc4c(=O)c3C2c2ccc(OCCCCC)c(OC)c2)nc1C. The maximum Gasteiger partial charge on any atom is 0.350 e. The van der Waals surface area contributed by atoms with Crippen LogP contribution in [0.2, 0.25) is 0 Å². The first-order valence-electron chi connectivity index (χ1n) is 13.4. The van der Waals surface area contributed by atoms with Gasteiger partial charge in [-0.3, -0.25) is 14.5 Å². The van der Waals surface area contributed by atoms with Gasteiger partial charge in [0.05, 0.1) is 36.4 Å². The minimum Gasteiger partial charge on any atom is -0.493 e. The third-order valence-corrected chi connectivity index (χ3v) is 7.99. The summed E-state index contributed by atoms with van der Waals surface area (Å²) in [5.41, 5.74) is 0.411. The Morgan fingerprint density at radius 2 is 2.00 bits per heavy atom. The van der Waals surface area contributed by atoms with Crippen LogP contribution in [-0.2, 0) is 4.74 Å². The van der Waals surface area contributed by atoms with Gasteiger partial charge in [0.25, 0.3) is 5.91 Å². The van der Waals surface area contributed by atoms with Gasteiger partial charge in [-0.05, 0) is 49.2 Å². The molecule has 4 aromatic rings. The van der Waals surface area contributed by atoms with Crippen molar-refractivity contribution in [2.24, 2.45) is 0 Å². The van der Waals surface area contributed by atoms with Gasteiger partial charge in [0.15, 0.2) is 22.1 Å². The van der Waals surface area contributed by atoms with Gasteiger partial charge in [-0.15, -0.1) is 0 Å². The van der Waals surface area contributed by atoms with Crippen molar-refractivity contribution >= 4 is 39.3 Å². The molecule has 1 aliphatic rings. The van der Waals surface area contributed by atoms with Crippen LogP contribution in [0.3, 0.4) is 0 Å². The first-order valence-corrected chi connectivity index (χ1v) is 14.3. The number of rotatable bonds is 11. The number of hydrogen-bond donors (Lipinski definition) is 0. The number of unbranched alkanes of at least 4 members (excludes halogenated alkanes) is 2. The molecule has 0 N–H and O–H groups in total. The molecule has 0 radical (unpaired) electrons. The molecule has 0 bridgehead atoms. The van der Waals surface area contributed by atoms with Crippen molar-refractivity contribution < 1.29 is 32.6 Å². The molecular weight excluding hydrogens is 563 g/mol. The number of amides is 1. The maximum absolute atomic E-state index is 14.2. The van der Waals surface area contributed by atoms with Gasteiger partial charge in [0.2, 0.25) is 5.76 Å². The first kappa shape index (κ1) is 29.0. The minimum absolute atomic E-state index is 0.000235. The van der Waals surface area contributed by atoms with E-state index in [4.69, 9.17) is 18.6 Å². The molecule has 9 nitrogen and oxygen atoms in total. The summed E-state index contributed by atoms with van der Waals surface area (Å²) in [6.45, 7) is 7.80. The molecule has 2 aromatic heterocycles. The number of nitrogens with zero attached hydrogens (tertiary/aromatic N) is 2. The standard InChI is InChI=1S/C31H29FN2O7S/c1-5-7-8-14-39-22-11-9-18(15-23(22)38-4)25-24-26(35)20-16-19(32)10-12-21(20)41-27(24)29(36)34(25)31-33-17(3)28(42-31)30(37)40-13-6-2/h6,9-12,15-16,25H,2,5,7-8,13-14H2,1,3-4H3. The summed E-state index contributed by atoms with van der Waals surface area (Å²) >= 11 is 0.955. The summed E-state index contributed by atoms with van der Waals surface area (Å²) in [6, 6.07) is 7.67. The van der Waals surface area contributed by atoms with E-state index in [2.05, 4.69) is 18.5 Å². The van der Waals surface area contributed by atoms with E-state index in [-0.39, 0.29) is 38.9 Å². The molecule has 3 heterocycles. The number of aromatic nitrogens is 1. The molecule has 0 aliphatic carbocycles. The van der Waals surface area contributed by atoms with E-state index < -0.39 is 29.2 Å². The Hall–Kier alpha value is -4.51. The highest BCUT2D eigenvalue weighted by Crippen LogP contribution is 2.45. The zero-order valence-corrected chi connectivity index (χ0v) is 24.2. The number of carbonyl (C=O) groups excluding carboxylic acids is 2. The van der Waals surface area contributed by atoms with Gasteiger partial charge < -0.3 is 18.6 Å². The molecule has 0 spiro atoms. The monoisotopic (exact) mass is 592 g/mol. The van der Waals surface area contributed by atoms with Crippen molar-refractivity contribution in [2.75, 3.05) is 25.2 Å². The average Bonchev–Trinajstić information content (AvgIpc) is 3.51. The van der Waals surface area contributed by atoms with Crippen molar-refractivity contribution in [1.29, 1.82) is 0 Å². The Morgan fingerprint density at radius 1 is 1.19 bits per heavy atom. The number of methoxy groups -OCH3 is 1. The largest absolute Gasteiger partial charge is 0.493 e. The Bertz CT molecular complexity index is 1750. The highest BCUT2D eigenvalue weighted by Gasteiger charge is 2.45. The molecule has 1 amide bonds. The van der Waals surface area contributed by atoms with Crippen molar-refractivity contribution in [2.45, 2.75) is 39.2 Å². The fourth-order valence-corrected chi connectivity index (χ4v) is 5.83. The number of ether oxygens (including phenoxy) is 3. The number of esters is 1. The second-order valence-corrected chi connectivity index (χ2v) is 10.6. The number of carbonyl (C=O) groups is 2. The molecule has 42 heavy (non-hydrogen) atoms. The first-order chi connectivity index (χ1) is 20.3. The van der Waals surface area contributed by atoms with Crippen LogP contribution in [0.25, 0.3) is 11.0 Å². The third-order valence-electron chi connectivity index (χ3n) is 6.85. The summed E-state index contributed by atoms with van der Waals surface area (Å²) in [5, 5.41) is 0.160. The molecule has 0 saturated heterocycles. The number of fused-ring (bicyclic) bond motifs is 2. The molecular formula is C31H29FN2O7S. The van der Waals surface area contributed by atoms with Crippen molar-refractivity contribution in [3.63, 3.8) is 0 Å². The van der Waals surface area contributed by atoms with Crippen molar-refractivity contribution in [3.05, 3.63) is 92.6 Å². The summed E-state index contributed by atoms with van der Waals surface area (Å²) in [7, 11) is 1.50. The lowest BCUT2D eigenvalue weighted by atomic mass is 9.98.